The van der Waals surface area contributed by atoms with Crippen molar-refractivity contribution in [1.82, 2.24) is 0 Å². The lowest BCUT2D eigenvalue weighted by molar-refractivity contribution is -0.385. The van der Waals surface area contributed by atoms with E-state index in [-0.39, 0.29) is 10.6 Å². The van der Waals surface area contributed by atoms with E-state index in [2.05, 4.69) is 17.5 Å². The number of fused-ring (bicyclic) bond motifs is 2. The maximum atomic E-state index is 10.8. The molecule has 1 saturated carbocycles. The Bertz CT molecular complexity index is 539. The van der Waals surface area contributed by atoms with Gasteiger partial charge in [-0.05, 0) is 49.7 Å². The molecular weight excluding hydrogens is 240 g/mol. The van der Waals surface area contributed by atoms with E-state index >= 15 is 0 Å². The molecule has 4 heteroatoms. The summed E-state index contributed by atoms with van der Waals surface area (Å²) in [7, 11) is 0. The fourth-order valence-corrected chi connectivity index (χ4v) is 3.35. The van der Waals surface area contributed by atoms with Gasteiger partial charge in [0.25, 0.3) is 5.69 Å². The highest BCUT2D eigenvalue weighted by atomic mass is 16.6. The quantitative estimate of drug-likeness (QED) is 0.510. The van der Waals surface area contributed by atoms with Gasteiger partial charge < -0.3 is 5.32 Å². The van der Waals surface area contributed by atoms with E-state index in [4.69, 9.17) is 0 Å². The molecule has 3 atom stereocenters. The number of nitrogens with one attached hydrogen (secondary N) is 1. The number of allylic oxidation sites excluding steroid dienone is 2. The maximum absolute atomic E-state index is 10.8. The van der Waals surface area contributed by atoms with Gasteiger partial charge in [-0.15, -0.1) is 0 Å². The van der Waals surface area contributed by atoms with E-state index in [0.29, 0.717) is 11.5 Å². The zero-order chi connectivity index (χ0) is 13.4. The van der Waals surface area contributed by atoms with Gasteiger partial charge in [0.05, 0.1) is 4.92 Å². The minimum Gasteiger partial charge on any atom is -0.385 e. The van der Waals surface area contributed by atoms with Crippen molar-refractivity contribution >= 4 is 11.4 Å². The molecular formula is C15H18N2O2. The summed E-state index contributed by atoms with van der Waals surface area (Å²) in [6.45, 7) is 2.74. The molecule has 4 nitrogen and oxygen atoms in total. The first kappa shape index (κ1) is 12.2. The molecule has 1 aromatic carbocycles. The number of anilines is 1. The van der Waals surface area contributed by atoms with E-state index in [1.54, 1.807) is 19.1 Å². The third-order valence-electron chi connectivity index (χ3n) is 4.38. The van der Waals surface area contributed by atoms with E-state index in [9.17, 15) is 10.1 Å². The van der Waals surface area contributed by atoms with Crippen molar-refractivity contribution in [2.75, 3.05) is 11.9 Å². The first-order chi connectivity index (χ1) is 9.13. The van der Waals surface area contributed by atoms with Gasteiger partial charge in [-0.3, -0.25) is 10.1 Å². The average Bonchev–Trinajstić information content (AvgIpc) is 2.98. The fourth-order valence-electron chi connectivity index (χ4n) is 3.35. The van der Waals surface area contributed by atoms with Crippen molar-refractivity contribution in [2.24, 2.45) is 17.8 Å². The lowest BCUT2D eigenvalue weighted by Gasteiger charge is -2.19. The van der Waals surface area contributed by atoms with Crippen molar-refractivity contribution in [3.8, 4) is 0 Å². The van der Waals surface area contributed by atoms with Gasteiger partial charge in [-0.1, -0.05) is 12.2 Å². The molecule has 0 amide bonds. The Morgan fingerprint density at radius 3 is 2.79 bits per heavy atom. The minimum atomic E-state index is -0.333. The van der Waals surface area contributed by atoms with Crippen LogP contribution in [0.4, 0.5) is 11.4 Å². The summed E-state index contributed by atoms with van der Waals surface area (Å²) in [6.07, 6.45) is 7.28. The second-order valence-corrected chi connectivity index (χ2v) is 5.68. The van der Waals surface area contributed by atoms with Gasteiger partial charge in [-0.2, -0.15) is 0 Å². The largest absolute Gasteiger partial charge is 0.385 e. The molecule has 2 aliphatic carbocycles. The molecule has 100 valence electrons. The van der Waals surface area contributed by atoms with Crippen LogP contribution in [-0.2, 0) is 0 Å². The van der Waals surface area contributed by atoms with Gasteiger partial charge in [0, 0.05) is 23.9 Å². The van der Waals surface area contributed by atoms with E-state index in [0.717, 1.165) is 24.1 Å². The number of aryl methyl sites for hydroxylation is 1. The van der Waals surface area contributed by atoms with Crippen molar-refractivity contribution in [3.63, 3.8) is 0 Å². The highest BCUT2D eigenvalue weighted by Crippen LogP contribution is 2.43. The van der Waals surface area contributed by atoms with Crippen LogP contribution in [0.3, 0.4) is 0 Å². The Labute approximate surface area is 112 Å². The summed E-state index contributed by atoms with van der Waals surface area (Å²) < 4.78 is 0. The molecule has 1 fully saturated rings. The molecule has 1 aromatic rings. The molecule has 2 aliphatic rings. The van der Waals surface area contributed by atoms with Gasteiger partial charge in [0.15, 0.2) is 0 Å². The summed E-state index contributed by atoms with van der Waals surface area (Å²) in [5.41, 5.74) is 1.88. The standard InChI is InChI=1S/C15H18N2O2/c1-10-6-14(4-5-15(10)17(18)19)16-9-13-8-11-2-3-12(13)7-11/h2-6,11-13,16H,7-9H2,1H3. The lowest BCUT2D eigenvalue weighted by Crippen LogP contribution is -2.18. The van der Waals surface area contributed by atoms with Gasteiger partial charge in [-0.25, -0.2) is 0 Å². The molecule has 0 spiro atoms. The summed E-state index contributed by atoms with van der Waals surface area (Å²) in [5.74, 6) is 2.23. The molecule has 0 heterocycles. The van der Waals surface area contributed by atoms with Crippen LogP contribution >= 0.6 is 0 Å². The minimum absolute atomic E-state index is 0.188. The Kier molecular flexibility index (Phi) is 3.01. The number of nitrogens with zero attached hydrogens (tertiary/aromatic N) is 1. The molecule has 19 heavy (non-hydrogen) atoms. The van der Waals surface area contributed by atoms with Crippen molar-refractivity contribution < 1.29 is 4.92 Å². The molecule has 2 bridgehead atoms. The molecule has 0 radical (unpaired) electrons. The first-order valence-electron chi connectivity index (χ1n) is 6.80. The third-order valence-corrected chi connectivity index (χ3v) is 4.38. The number of rotatable bonds is 4. The van der Waals surface area contributed by atoms with Crippen LogP contribution in [0.5, 0.6) is 0 Å². The van der Waals surface area contributed by atoms with Gasteiger partial charge in [0.1, 0.15) is 0 Å². The van der Waals surface area contributed by atoms with Gasteiger partial charge in [0.2, 0.25) is 0 Å². The number of benzene rings is 1. The number of nitro benzene ring substituents is 1. The average molecular weight is 258 g/mol. The Hall–Kier alpha value is -1.84. The third kappa shape index (κ3) is 2.35. The summed E-state index contributed by atoms with van der Waals surface area (Å²) in [6, 6.07) is 5.24. The molecule has 0 aliphatic heterocycles. The van der Waals surface area contributed by atoms with Crippen LogP contribution in [0.1, 0.15) is 18.4 Å². The van der Waals surface area contributed by atoms with Gasteiger partial charge >= 0.3 is 0 Å². The topological polar surface area (TPSA) is 55.2 Å². The molecule has 0 saturated heterocycles. The second kappa shape index (κ2) is 4.68. The van der Waals surface area contributed by atoms with Crippen molar-refractivity contribution in [2.45, 2.75) is 19.8 Å². The fraction of sp³-hybridized carbons (Fsp3) is 0.467. The number of hydrogen-bond acceptors (Lipinski definition) is 3. The summed E-state index contributed by atoms with van der Waals surface area (Å²) in [5, 5.41) is 14.2. The lowest BCUT2D eigenvalue weighted by atomic mass is 9.93. The van der Waals surface area contributed by atoms with Crippen LogP contribution in [-0.4, -0.2) is 11.5 Å². The SMILES string of the molecule is Cc1cc(NCC2CC3C=CC2C3)ccc1[N+](=O)[O-]. The number of hydrogen-bond donors (Lipinski definition) is 1. The van der Waals surface area contributed by atoms with Crippen molar-refractivity contribution in [3.05, 3.63) is 46.0 Å². The van der Waals surface area contributed by atoms with E-state index in [1.807, 2.05) is 6.07 Å². The predicted octanol–water partition coefficient (Wildman–Crippen LogP) is 3.53. The van der Waals surface area contributed by atoms with Crippen LogP contribution in [0.15, 0.2) is 30.4 Å². The zero-order valence-corrected chi connectivity index (χ0v) is 11.0. The second-order valence-electron chi connectivity index (χ2n) is 5.68. The van der Waals surface area contributed by atoms with E-state index < -0.39 is 0 Å². The Morgan fingerprint density at radius 2 is 2.21 bits per heavy atom. The highest BCUT2D eigenvalue weighted by molar-refractivity contribution is 5.53. The van der Waals surface area contributed by atoms with Crippen LogP contribution < -0.4 is 5.32 Å². The summed E-state index contributed by atoms with van der Waals surface area (Å²) in [4.78, 5) is 10.4. The van der Waals surface area contributed by atoms with E-state index in [1.165, 1.54) is 12.8 Å². The predicted molar refractivity (Wildman–Crippen MR) is 75.2 cm³/mol. The normalized spacial score (nSPS) is 27.7. The summed E-state index contributed by atoms with van der Waals surface area (Å²) >= 11 is 0. The smallest absolute Gasteiger partial charge is 0.272 e. The zero-order valence-electron chi connectivity index (χ0n) is 11.0. The highest BCUT2D eigenvalue weighted by Gasteiger charge is 2.35. The molecule has 0 aromatic heterocycles. The van der Waals surface area contributed by atoms with Crippen LogP contribution in [0.2, 0.25) is 0 Å². The van der Waals surface area contributed by atoms with Crippen LogP contribution in [0.25, 0.3) is 0 Å². The Morgan fingerprint density at radius 1 is 1.37 bits per heavy atom. The molecule has 1 N–H and O–H groups in total. The molecule has 3 unspecified atom stereocenters. The van der Waals surface area contributed by atoms with Crippen LogP contribution in [0, 0.1) is 34.8 Å². The van der Waals surface area contributed by atoms with Crippen molar-refractivity contribution in [1.29, 1.82) is 0 Å². The number of nitro groups is 1. The monoisotopic (exact) mass is 258 g/mol. The maximum Gasteiger partial charge on any atom is 0.272 e. The molecule has 3 rings (SSSR count). The Balaban J connectivity index is 1.63. The first-order valence-corrected chi connectivity index (χ1v) is 6.80.